The minimum absolute atomic E-state index is 0.0369. The van der Waals surface area contributed by atoms with E-state index in [1.165, 1.54) is 0 Å². The maximum Gasteiger partial charge on any atom is 0.257 e. The maximum atomic E-state index is 13.4. The Balaban J connectivity index is 1.17. The second kappa shape index (κ2) is 9.54. The molecule has 5 rings (SSSR count). The highest BCUT2D eigenvalue weighted by atomic mass is 16.5. The first-order chi connectivity index (χ1) is 16.8. The van der Waals surface area contributed by atoms with Gasteiger partial charge in [-0.05, 0) is 58.1 Å². The van der Waals surface area contributed by atoms with Gasteiger partial charge in [0, 0.05) is 52.1 Å². The van der Waals surface area contributed by atoms with Crippen LogP contribution in [0.3, 0.4) is 0 Å². The molecule has 0 aliphatic carbocycles. The molecule has 1 aromatic rings. The highest BCUT2D eigenvalue weighted by Gasteiger charge is 2.52. The summed E-state index contributed by atoms with van der Waals surface area (Å²) in [6.07, 6.45) is 3.87. The predicted octanol–water partition coefficient (Wildman–Crippen LogP) is 2.72. The molecule has 8 nitrogen and oxygen atoms in total. The minimum atomic E-state index is -0.706. The highest BCUT2D eigenvalue weighted by molar-refractivity contribution is 6.10. The molecule has 3 fully saturated rings. The number of hydrogen-bond acceptors (Lipinski definition) is 5. The molecular weight excluding hydrogens is 444 g/mol. The van der Waals surface area contributed by atoms with E-state index in [2.05, 4.69) is 18.7 Å². The number of nitrogens with zero attached hydrogens (tertiary/aromatic N) is 4. The van der Waals surface area contributed by atoms with Gasteiger partial charge in [-0.1, -0.05) is 12.1 Å². The topological polar surface area (TPSA) is 73.4 Å². The van der Waals surface area contributed by atoms with Crippen LogP contribution in [0.15, 0.2) is 24.3 Å². The first kappa shape index (κ1) is 24.3. The van der Waals surface area contributed by atoms with Crippen molar-refractivity contribution >= 4 is 23.4 Å². The summed E-state index contributed by atoms with van der Waals surface area (Å²) < 4.78 is 5.85. The Kier molecular flexibility index (Phi) is 6.61. The first-order valence-electron chi connectivity index (χ1n) is 13.2. The molecule has 3 saturated heterocycles. The molecular formula is C27H38N4O4. The van der Waals surface area contributed by atoms with Gasteiger partial charge in [0.15, 0.2) is 0 Å². The van der Waals surface area contributed by atoms with Gasteiger partial charge in [-0.2, -0.15) is 0 Å². The third kappa shape index (κ3) is 4.58. The van der Waals surface area contributed by atoms with Crippen LogP contribution in [0.2, 0.25) is 0 Å². The molecule has 4 aliphatic rings. The molecule has 4 aliphatic heterocycles. The van der Waals surface area contributed by atoms with Gasteiger partial charge < -0.3 is 14.5 Å². The lowest BCUT2D eigenvalue weighted by atomic mass is 9.95. The van der Waals surface area contributed by atoms with Crippen LogP contribution < -0.4 is 4.90 Å². The lowest BCUT2D eigenvalue weighted by Gasteiger charge is -2.48. The van der Waals surface area contributed by atoms with Crippen LogP contribution in [0.1, 0.15) is 63.2 Å². The van der Waals surface area contributed by atoms with E-state index in [1.54, 1.807) is 15.9 Å². The van der Waals surface area contributed by atoms with E-state index < -0.39 is 5.66 Å². The molecule has 0 saturated carbocycles. The van der Waals surface area contributed by atoms with Gasteiger partial charge in [0.2, 0.25) is 11.8 Å². The lowest BCUT2D eigenvalue weighted by molar-refractivity contribution is -0.133. The zero-order valence-corrected chi connectivity index (χ0v) is 21.2. The number of amides is 3. The van der Waals surface area contributed by atoms with Crippen LogP contribution in [0.4, 0.5) is 5.69 Å². The van der Waals surface area contributed by atoms with Crippen molar-refractivity contribution in [3.63, 3.8) is 0 Å². The summed E-state index contributed by atoms with van der Waals surface area (Å²) in [4.78, 5) is 47.2. The molecule has 3 amide bonds. The first-order valence-corrected chi connectivity index (χ1v) is 13.2. The highest BCUT2D eigenvalue weighted by Crippen LogP contribution is 2.44. The van der Waals surface area contributed by atoms with E-state index in [0.717, 1.165) is 45.6 Å². The number of ether oxygens (including phenoxy) is 1. The molecule has 190 valence electrons. The quantitative estimate of drug-likeness (QED) is 0.645. The third-order valence-corrected chi connectivity index (χ3v) is 8.27. The van der Waals surface area contributed by atoms with E-state index >= 15 is 0 Å². The van der Waals surface area contributed by atoms with Gasteiger partial charge in [-0.3, -0.25) is 24.2 Å². The molecule has 8 heteroatoms. The predicted molar refractivity (Wildman–Crippen MR) is 133 cm³/mol. The Hall–Kier alpha value is -2.45. The molecule has 3 unspecified atom stereocenters. The Morgan fingerprint density at radius 3 is 2.49 bits per heavy atom. The van der Waals surface area contributed by atoms with Crippen LogP contribution in [0.5, 0.6) is 0 Å². The molecule has 0 bridgehead atoms. The van der Waals surface area contributed by atoms with Crippen molar-refractivity contribution in [1.82, 2.24) is 14.7 Å². The Morgan fingerprint density at radius 1 is 1.09 bits per heavy atom. The minimum Gasteiger partial charge on any atom is -0.373 e. The maximum absolute atomic E-state index is 13.4. The van der Waals surface area contributed by atoms with Crippen LogP contribution >= 0.6 is 0 Å². The number of benzene rings is 1. The van der Waals surface area contributed by atoms with Crippen molar-refractivity contribution < 1.29 is 19.1 Å². The van der Waals surface area contributed by atoms with E-state index in [1.807, 2.05) is 30.0 Å². The normalized spacial score (nSPS) is 30.0. The molecule has 4 heterocycles. The van der Waals surface area contributed by atoms with Gasteiger partial charge in [-0.25, -0.2) is 0 Å². The zero-order valence-electron chi connectivity index (χ0n) is 21.2. The Labute approximate surface area is 208 Å². The summed E-state index contributed by atoms with van der Waals surface area (Å²) >= 11 is 0. The summed E-state index contributed by atoms with van der Waals surface area (Å²) in [6, 6.07) is 7.31. The molecule has 0 N–H and O–H groups in total. The second-order valence-electron chi connectivity index (χ2n) is 11.0. The van der Waals surface area contributed by atoms with Gasteiger partial charge in [0.05, 0.1) is 23.5 Å². The lowest BCUT2D eigenvalue weighted by Crippen LogP contribution is -2.62. The van der Waals surface area contributed by atoms with E-state index in [-0.39, 0.29) is 36.4 Å². The summed E-state index contributed by atoms with van der Waals surface area (Å²) in [5.74, 6) is 0.654. The number of hydrogen-bond donors (Lipinski definition) is 0. The van der Waals surface area contributed by atoms with Gasteiger partial charge in [0.1, 0.15) is 5.66 Å². The molecule has 1 aromatic carbocycles. The average Bonchev–Trinajstić information content (AvgIpc) is 3.13. The fourth-order valence-electron chi connectivity index (χ4n) is 6.57. The number of anilines is 1. The standard InChI is InChI=1S/C27H38N4O4/c1-19-16-28(17-20(2)35-19)18-21-9-13-29(14-10-21)24(32)11-15-30-26(34)22-6-4-5-7-23(22)31-25(33)8-12-27(30,31)3/h4-7,19-21H,8-18H2,1-3H3. The number of likely N-dealkylation sites (tertiary alicyclic amines) is 1. The number of carbonyl (C=O) groups is 3. The molecule has 3 atom stereocenters. The summed E-state index contributed by atoms with van der Waals surface area (Å²) in [6.45, 7) is 11.1. The van der Waals surface area contributed by atoms with Crippen LogP contribution in [0, 0.1) is 5.92 Å². The fourth-order valence-corrected chi connectivity index (χ4v) is 6.57. The number of carbonyl (C=O) groups excluding carboxylic acids is 3. The van der Waals surface area contributed by atoms with E-state index in [0.29, 0.717) is 36.6 Å². The Morgan fingerprint density at radius 2 is 1.77 bits per heavy atom. The van der Waals surface area contributed by atoms with Crippen molar-refractivity contribution in [2.24, 2.45) is 5.92 Å². The second-order valence-corrected chi connectivity index (χ2v) is 11.0. The molecule has 0 radical (unpaired) electrons. The van der Waals surface area contributed by atoms with Gasteiger partial charge in [0.25, 0.3) is 5.91 Å². The Bertz CT molecular complexity index is 981. The molecule has 0 spiro atoms. The largest absolute Gasteiger partial charge is 0.373 e. The van der Waals surface area contributed by atoms with Crippen molar-refractivity contribution in [2.75, 3.05) is 44.2 Å². The van der Waals surface area contributed by atoms with Crippen LogP contribution in [-0.4, -0.2) is 89.6 Å². The van der Waals surface area contributed by atoms with Crippen molar-refractivity contribution in [2.45, 2.75) is 70.7 Å². The zero-order chi connectivity index (χ0) is 24.7. The molecule has 0 aromatic heterocycles. The number of fused-ring (bicyclic) bond motifs is 3. The van der Waals surface area contributed by atoms with Crippen molar-refractivity contribution in [1.29, 1.82) is 0 Å². The van der Waals surface area contributed by atoms with Crippen LogP contribution in [-0.2, 0) is 14.3 Å². The number of rotatable bonds is 5. The summed E-state index contributed by atoms with van der Waals surface area (Å²) in [5.41, 5.74) is 0.527. The number of morpholine rings is 1. The third-order valence-electron chi connectivity index (χ3n) is 8.27. The summed E-state index contributed by atoms with van der Waals surface area (Å²) in [7, 11) is 0. The number of piperidine rings is 1. The van der Waals surface area contributed by atoms with Crippen molar-refractivity contribution in [3.05, 3.63) is 29.8 Å². The summed E-state index contributed by atoms with van der Waals surface area (Å²) in [5, 5.41) is 0. The van der Waals surface area contributed by atoms with Gasteiger partial charge >= 0.3 is 0 Å². The smallest absolute Gasteiger partial charge is 0.257 e. The van der Waals surface area contributed by atoms with Gasteiger partial charge in [-0.15, -0.1) is 0 Å². The average molecular weight is 483 g/mol. The van der Waals surface area contributed by atoms with Crippen LogP contribution in [0.25, 0.3) is 0 Å². The number of para-hydroxylation sites is 1. The fraction of sp³-hybridized carbons (Fsp3) is 0.667. The SMILES string of the molecule is CC1CN(CC2CCN(C(=O)CCN3C(=O)c4ccccc4N4C(=O)CCC34C)CC2)CC(C)O1. The van der Waals surface area contributed by atoms with E-state index in [9.17, 15) is 14.4 Å². The molecule has 35 heavy (non-hydrogen) atoms. The van der Waals surface area contributed by atoms with Crippen molar-refractivity contribution in [3.8, 4) is 0 Å². The van der Waals surface area contributed by atoms with E-state index in [4.69, 9.17) is 4.74 Å². The monoisotopic (exact) mass is 482 g/mol.